The summed E-state index contributed by atoms with van der Waals surface area (Å²) in [6.07, 6.45) is 2.16. The highest BCUT2D eigenvalue weighted by Gasteiger charge is 2.07. The molecule has 0 aromatic rings. The zero-order chi connectivity index (χ0) is 6.85. The van der Waals surface area contributed by atoms with Crippen LogP contribution in [0.5, 0.6) is 0 Å². The van der Waals surface area contributed by atoms with Crippen molar-refractivity contribution in [2.75, 3.05) is 0 Å². The summed E-state index contributed by atoms with van der Waals surface area (Å²) in [4.78, 5) is 0. The van der Waals surface area contributed by atoms with Crippen LogP contribution >= 0.6 is 0 Å². The molecule has 0 aromatic carbocycles. The molecule has 1 rings (SSSR count). The fourth-order valence-electron chi connectivity index (χ4n) is 0.808. The molecule has 1 heterocycles. The first-order chi connectivity index (χ1) is 4.20. The summed E-state index contributed by atoms with van der Waals surface area (Å²) in [6, 6.07) is 0. The van der Waals surface area contributed by atoms with Gasteiger partial charge in [-0.25, -0.2) is 0 Å². The third-order valence-electron chi connectivity index (χ3n) is 1.54. The number of hydrogen-bond donors (Lipinski definition) is 0. The van der Waals surface area contributed by atoms with E-state index in [2.05, 4.69) is 25.2 Å². The quantitative estimate of drug-likeness (QED) is 0.466. The molecule has 1 unspecified atom stereocenters. The zero-order valence-electron chi connectivity index (χ0n) is 6.14. The van der Waals surface area contributed by atoms with Gasteiger partial charge < -0.3 is 4.43 Å². The molecule has 0 aromatic heterocycles. The highest BCUT2D eigenvalue weighted by atomic mass is 28.3. The van der Waals surface area contributed by atoms with Crippen LogP contribution in [0.15, 0.2) is 23.1 Å². The molecule has 0 saturated carbocycles. The predicted octanol–water partition coefficient (Wildman–Crippen LogP) is 1.76. The van der Waals surface area contributed by atoms with Gasteiger partial charge in [0.15, 0.2) is 0 Å². The molecule has 0 aliphatic carbocycles. The van der Waals surface area contributed by atoms with Crippen LogP contribution in [-0.4, -0.2) is 9.04 Å². The second-order valence-electron chi connectivity index (χ2n) is 2.42. The van der Waals surface area contributed by atoms with E-state index >= 15 is 0 Å². The van der Waals surface area contributed by atoms with Crippen molar-refractivity contribution in [3.63, 3.8) is 0 Å². The predicted molar refractivity (Wildman–Crippen MR) is 41.6 cm³/mol. The van der Waals surface area contributed by atoms with Gasteiger partial charge in [0.2, 0.25) is 0 Å². The van der Waals surface area contributed by atoms with Crippen molar-refractivity contribution in [3.8, 4) is 0 Å². The van der Waals surface area contributed by atoms with Gasteiger partial charge >= 0.3 is 0 Å². The van der Waals surface area contributed by atoms with E-state index in [-0.39, 0.29) is 0 Å². The van der Waals surface area contributed by atoms with E-state index in [1.54, 1.807) is 0 Å². The summed E-state index contributed by atoms with van der Waals surface area (Å²) in [7, 11) is -0.929. The summed E-state index contributed by atoms with van der Waals surface area (Å²) in [6.45, 7) is 6.28. The van der Waals surface area contributed by atoms with E-state index in [0.717, 1.165) is 5.76 Å². The van der Waals surface area contributed by atoms with Crippen LogP contribution in [0.3, 0.4) is 0 Å². The van der Waals surface area contributed by atoms with Gasteiger partial charge in [-0.1, -0.05) is 11.8 Å². The number of allylic oxidation sites excluding steroid dienone is 3. The summed E-state index contributed by atoms with van der Waals surface area (Å²) < 4.78 is 5.53. The largest absolute Gasteiger partial charge is 0.546 e. The molecule has 1 aliphatic heterocycles. The van der Waals surface area contributed by atoms with Crippen molar-refractivity contribution in [3.05, 3.63) is 23.1 Å². The maximum Gasteiger partial charge on any atom is 0.256 e. The molecule has 0 amide bonds. The normalized spacial score (nSPS) is 26.3. The molecule has 0 fully saturated rings. The first kappa shape index (κ1) is 6.61. The summed E-state index contributed by atoms with van der Waals surface area (Å²) in [5.41, 5.74) is 3.46. The van der Waals surface area contributed by atoms with Gasteiger partial charge in [0, 0.05) is 0 Å². The number of hydrogen-bond acceptors (Lipinski definition) is 1. The third kappa shape index (κ3) is 1.45. The molecule has 1 atom stereocenters. The summed E-state index contributed by atoms with van der Waals surface area (Å²) in [5, 5.41) is 0. The molecule has 2 heteroatoms. The molecular weight excluding hydrogens is 128 g/mol. The molecular formula is C7H12OSi. The minimum Gasteiger partial charge on any atom is -0.546 e. The lowest BCUT2D eigenvalue weighted by Gasteiger charge is -2.16. The summed E-state index contributed by atoms with van der Waals surface area (Å²) >= 11 is 0. The highest BCUT2D eigenvalue weighted by Crippen LogP contribution is 2.13. The zero-order valence-corrected chi connectivity index (χ0v) is 7.29. The van der Waals surface area contributed by atoms with Crippen LogP contribution in [-0.2, 0) is 4.43 Å². The minimum atomic E-state index is -0.929. The van der Waals surface area contributed by atoms with Crippen LogP contribution in [0.2, 0.25) is 6.55 Å². The standard InChI is InChI=1S/C7H12OSi/c1-6-4-5-9(3)8-7(6)2/h4-5,9H,1-3H3. The Morgan fingerprint density at radius 3 is 2.56 bits per heavy atom. The Hall–Kier alpha value is -0.503. The monoisotopic (exact) mass is 140 g/mol. The first-order valence-electron chi connectivity index (χ1n) is 3.22. The van der Waals surface area contributed by atoms with Crippen molar-refractivity contribution in [2.24, 2.45) is 0 Å². The van der Waals surface area contributed by atoms with Gasteiger partial charge in [0.1, 0.15) is 0 Å². The van der Waals surface area contributed by atoms with Crippen molar-refractivity contribution in [1.29, 1.82) is 0 Å². The lowest BCUT2D eigenvalue weighted by atomic mass is 10.3. The van der Waals surface area contributed by atoms with Crippen molar-refractivity contribution < 1.29 is 4.43 Å². The van der Waals surface area contributed by atoms with Crippen LogP contribution < -0.4 is 0 Å². The Morgan fingerprint density at radius 2 is 2.11 bits per heavy atom. The van der Waals surface area contributed by atoms with E-state index in [1.165, 1.54) is 5.57 Å². The van der Waals surface area contributed by atoms with E-state index in [1.807, 2.05) is 6.92 Å². The maximum absolute atomic E-state index is 5.53. The average Bonchev–Trinajstić information content (AvgIpc) is 1.80. The SMILES string of the molecule is CC1=C(C)O[SiH](C)C=C1. The molecule has 9 heavy (non-hydrogen) atoms. The third-order valence-corrected chi connectivity index (χ3v) is 3.00. The molecule has 1 aliphatic rings. The smallest absolute Gasteiger partial charge is 0.256 e. The molecule has 50 valence electrons. The Labute approximate surface area is 57.8 Å². The van der Waals surface area contributed by atoms with Crippen molar-refractivity contribution in [1.82, 2.24) is 0 Å². The van der Waals surface area contributed by atoms with E-state index in [0.29, 0.717) is 0 Å². The van der Waals surface area contributed by atoms with Gasteiger partial charge in [-0.3, -0.25) is 0 Å². The molecule has 0 saturated heterocycles. The van der Waals surface area contributed by atoms with Crippen LogP contribution in [0.25, 0.3) is 0 Å². The topological polar surface area (TPSA) is 9.23 Å². The molecule has 0 bridgehead atoms. The lowest BCUT2D eigenvalue weighted by molar-refractivity contribution is 0.438. The van der Waals surface area contributed by atoms with Gasteiger partial charge in [0.25, 0.3) is 9.04 Å². The van der Waals surface area contributed by atoms with Gasteiger partial charge in [-0.2, -0.15) is 0 Å². The van der Waals surface area contributed by atoms with Gasteiger partial charge in [-0.05, 0) is 26.0 Å². The van der Waals surface area contributed by atoms with Gasteiger partial charge in [-0.15, -0.1) is 0 Å². The Bertz CT molecular complexity index is 170. The molecule has 1 nitrogen and oxygen atoms in total. The summed E-state index contributed by atoms with van der Waals surface area (Å²) in [5.74, 6) is 1.11. The maximum atomic E-state index is 5.53. The van der Waals surface area contributed by atoms with Gasteiger partial charge in [0.05, 0.1) is 5.76 Å². The minimum absolute atomic E-state index is 0.929. The first-order valence-corrected chi connectivity index (χ1v) is 5.52. The fraction of sp³-hybridized carbons (Fsp3) is 0.429. The Balaban J connectivity index is 2.75. The molecule has 0 spiro atoms. The van der Waals surface area contributed by atoms with E-state index < -0.39 is 9.04 Å². The Kier molecular flexibility index (Phi) is 1.76. The second-order valence-corrected chi connectivity index (χ2v) is 4.45. The second kappa shape index (κ2) is 2.39. The van der Waals surface area contributed by atoms with E-state index in [9.17, 15) is 0 Å². The van der Waals surface area contributed by atoms with E-state index in [4.69, 9.17) is 4.43 Å². The average molecular weight is 140 g/mol. The van der Waals surface area contributed by atoms with Crippen LogP contribution in [0, 0.1) is 0 Å². The van der Waals surface area contributed by atoms with Crippen molar-refractivity contribution >= 4 is 9.04 Å². The van der Waals surface area contributed by atoms with Crippen molar-refractivity contribution in [2.45, 2.75) is 20.4 Å². The Morgan fingerprint density at radius 1 is 1.44 bits per heavy atom. The van der Waals surface area contributed by atoms with Crippen LogP contribution in [0.4, 0.5) is 0 Å². The highest BCUT2D eigenvalue weighted by molar-refractivity contribution is 6.56. The molecule has 0 radical (unpaired) electrons. The van der Waals surface area contributed by atoms with Crippen LogP contribution in [0.1, 0.15) is 13.8 Å². The molecule has 0 N–H and O–H groups in total. The number of rotatable bonds is 0. The fourth-order valence-corrected chi connectivity index (χ4v) is 2.19. The lowest BCUT2D eigenvalue weighted by Crippen LogP contribution is -2.12.